The zero-order chi connectivity index (χ0) is 20.8. The molecule has 0 aliphatic rings. The van der Waals surface area contributed by atoms with Crippen molar-refractivity contribution in [3.63, 3.8) is 0 Å². The maximum Gasteiger partial charge on any atom is 0.250 e. The summed E-state index contributed by atoms with van der Waals surface area (Å²) in [7, 11) is 0. The number of para-hydroxylation sites is 1. The molecule has 0 atom stereocenters. The first kappa shape index (κ1) is 19.9. The monoisotopic (exact) mass is 437 g/mol. The van der Waals surface area contributed by atoms with E-state index in [2.05, 4.69) is 20.7 Å². The molecule has 0 spiro atoms. The van der Waals surface area contributed by atoms with Crippen molar-refractivity contribution >= 4 is 35.5 Å². The summed E-state index contributed by atoms with van der Waals surface area (Å²) in [6.45, 7) is 0. The van der Waals surface area contributed by atoms with Crippen LogP contribution in [0.2, 0.25) is 5.02 Å². The van der Waals surface area contributed by atoms with Gasteiger partial charge in [-0.15, -0.1) is 10.2 Å². The fourth-order valence-electron chi connectivity index (χ4n) is 2.65. The Hall–Kier alpha value is -3.36. The number of thioether (sulfide) groups is 1. The first-order chi connectivity index (χ1) is 14.7. The van der Waals surface area contributed by atoms with Gasteiger partial charge < -0.3 is 4.42 Å². The van der Waals surface area contributed by atoms with Gasteiger partial charge in [0.15, 0.2) is 11.0 Å². The van der Waals surface area contributed by atoms with E-state index in [-0.39, 0.29) is 11.7 Å². The van der Waals surface area contributed by atoms with Crippen LogP contribution in [0.15, 0.2) is 87.7 Å². The molecule has 7 nitrogen and oxygen atoms in total. The van der Waals surface area contributed by atoms with Gasteiger partial charge >= 0.3 is 0 Å². The van der Waals surface area contributed by atoms with Gasteiger partial charge in [0.05, 0.1) is 18.2 Å². The van der Waals surface area contributed by atoms with E-state index in [0.717, 1.165) is 11.3 Å². The van der Waals surface area contributed by atoms with Crippen molar-refractivity contribution in [1.29, 1.82) is 0 Å². The average molecular weight is 438 g/mol. The number of hydrogen-bond acceptors (Lipinski definition) is 6. The Morgan fingerprint density at radius 2 is 1.90 bits per heavy atom. The third-order valence-electron chi connectivity index (χ3n) is 4.01. The first-order valence-corrected chi connectivity index (χ1v) is 10.3. The average Bonchev–Trinajstić information content (AvgIpc) is 3.43. The Kier molecular flexibility index (Phi) is 6.26. The molecule has 0 fully saturated rings. The highest BCUT2D eigenvalue weighted by Crippen LogP contribution is 2.28. The lowest BCUT2D eigenvalue weighted by Crippen LogP contribution is -2.19. The molecule has 0 saturated carbocycles. The lowest BCUT2D eigenvalue weighted by Gasteiger charge is -2.10. The smallest absolute Gasteiger partial charge is 0.250 e. The van der Waals surface area contributed by atoms with Crippen LogP contribution in [0.3, 0.4) is 0 Å². The minimum absolute atomic E-state index is 0.126. The van der Waals surface area contributed by atoms with Crippen molar-refractivity contribution in [2.75, 3.05) is 5.75 Å². The molecule has 0 aliphatic heterocycles. The minimum atomic E-state index is -0.265. The second-order valence-corrected chi connectivity index (χ2v) is 7.46. The summed E-state index contributed by atoms with van der Waals surface area (Å²) in [6.07, 6.45) is 2.97. The van der Waals surface area contributed by atoms with E-state index in [1.807, 2.05) is 47.0 Å². The molecule has 0 saturated heterocycles. The number of halogens is 1. The summed E-state index contributed by atoms with van der Waals surface area (Å²) in [6, 6.07) is 20.6. The van der Waals surface area contributed by atoms with E-state index in [9.17, 15) is 4.79 Å². The number of carbonyl (C=O) groups is 1. The molecule has 2 aromatic heterocycles. The van der Waals surface area contributed by atoms with Crippen molar-refractivity contribution in [2.24, 2.45) is 5.10 Å². The third kappa shape index (κ3) is 4.79. The molecule has 0 aliphatic carbocycles. The predicted octanol–water partition coefficient (Wildman–Crippen LogP) is 4.42. The summed E-state index contributed by atoms with van der Waals surface area (Å²) >= 11 is 7.28. The Morgan fingerprint density at radius 3 is 2.63 bits per heavy atom. The fraction of sp³-hybridized carbons (Fsp3) is 0.0476. The molecule has 4 rings (SSSR count). The van der Waals surface area contributed by atoms with E-state index in [4.69, 9.17) is 16.0 Å². The van der Waals surface area contributed by atoms with Gasteiger partial charge in [0.2, 0.25) is 0 Å². The van der Waals surface area contributed by atoms with Gasteiger partial charge in [0.25, 0.3) is 5.91 Å². The van der Waals surface area contributed by atoms with Gasteiger partial charge in [-0.2, -0.15) is 5.10 Å². The van der Waals surface area contributed by atoms with Crippen LogP contribution in [0.5, 0.6) is 0 Å². The quantitative estimate of drug-likeness (QED) is 0.263. The van der Waals surface area contributed by atoms with Crippen LogP contribution in [-0.2, 0) is 4.79 Å². The zero-order valence-electron chi connectivity index (χ0n) is 15.6. The normalized spacial score (nSPS) is 11.1. The molecule has 2 aromatic carbocycles. The molecule has 0 radical (unpaired) electrons. The van der Waals surface area contributed by atoms with Crippen LogP contribution in [-0.4, -0.2) is 32.6 Å². The number of hydrazone groups is 1. The van der Waals surface area contributed by atoms with E-state index in [1.54, 1.807) is 24.3 Å². The molecular weight excluding hydrogens is 422 g/mol. The number of amides is 1. The van der Waals surface area contributed by atoms with E-state index in [1.165, 1.54) is 24.2 Å². The summed E-state index contributed by atoms with van der Waals surface area (Å²) in [4.78, 5) is 12.2. The Balaban J connectivity index is 1.53. The summed E-state index contributed by atoms with van der Waals surface area (Å²) in [5.74, 6) is 1.08. The molecular formula is C21H16ClN5O2S. The number of benzene rings is 2. The molecule has 0 bridgehead atoms. The second-order valence-electron chi connectivity index (χ2n) is 6.08. The van der Waals surface area contributed by atoms with Gasteiger partial charge in [0.1, 0.15) is 5.76 Å². The van der Waals surface area contributed by atoms with E-state index < -0.39 is 0 Å². The Bertz CT molecular complexity index is 1140. The van der Waals surface area contributed by atoms with Gasteiger partial charge in [-0.05, 0) is 48.5 Å². The van der Waals surface area contributed by atoms with Gasteiger partial charge in [-0.3, -0.25) is 9.36 Å². The van der Waals surface area contributed by atoms with Crippen LogP contribution in [0.1, 0.15) is 5.76 Å². The predicted molar refractivity (Wildman–Crippen MR) is 117 cm³/mol. The number of rotatable bonds is 7. The maximum absolute atomic E-state index is 12.2. The highest BCUT2D eigenvalue weighted by molar-refractivity contribution is 7.99. The van der Waals surface area contributed by atoms with E-state index in [0.29, 0.717) is 21.8 Å². The van der Waals surface area contributed by atoms with Gasteiger partial charge in [-0.1, -0.05) is 41.6 Å². The first-order valence-electron chi connectivity index (χ1n) is 8.96. The van der Waals surface area contributed by atoms with Crippen LogP contribution >= 0.6 is 23.4 Å². The Labute approximate surface area is 181 Å². The second kappa shape index (κ2) is 9.43. The maximum atomic E-state index is 12.2. The summed E-state index contributed by atoms with van der Waals surface area (Å²) in [5.41, 5.74) is 4.24. The highest BCUT2D eigenvalue weighted by Gasteiger charge is 2.17. The molecule has 1 amide bonds. The number of nitrogens with one attached hydrogen (secondary N) is 1. The molecule has 2 heterocycles. The molecule has 4 aromatic rings. The van der Waals surface area contributed by atoms with Crippen molar-refractivity contribution in [1.82, 2.24) is 20.2 Å². The van der Waals surface area contributed by atoms with Crippen LogP contribution in [0, 0.1) is 0 Å². The van der Waals surface area contributed by atoms with Crippen molar-refractivity contribution in [2.45, 2.75) is 5.16 Å². The minimum Gasteiger partial charge on any atom is -0.463 e. The zero-order valence-corrected chi connectivity index (χ0v) is 17.2. The topological polar surface area (TPSA) is 85.3 Å². The SMILES string of the molecule is O=C(CSc1nnc(-c2ccc(Cl)cc2)n1-c1ccccc1)N/N=C\c1ccco1. The summed E-state index contributed by atoms with van der Waals surface area (Å²) in [5, 5.41) is 13.8. The van der Waals surface area contributed by atoms with Gasteiger partial charge in [-0.25, -0.2) is 5.43 Å². The van der Waals surface area contributed by atoms with Crippen molar-refractivity contribution in [3.8, 4) is 17.1 Å². The van der Waals surface area contributed by atoms with Gasteiger partial charge in [0, 0.05) is 16.3 Å². The highest BCUT2D eigenvalue weighted by atomic mass is 35.5. The number of nitrogens with zero attached hydrogens (tertiary/aromatic N) is 4. The molecule has 1 N–H and O–H groups in total. The van der Waals surface area contributed by atoms with E-state index >= 15 is 0 Å². The lowest BCUT2D eigenvalue weighted by molar-refractivity contribution is -0.118. The third-order valence-corrected chi connectivity index (χ3v) is 5.19. The lowest BCUT2D eigenvalue weighted by atomic mass is 10.2. The number of hydrogen-bond donors (Lipinski definition) is 1. The van der Waals surface area contributed by atoms with Crippen LogP contribution in [0.4, 0.5) is 0 Å². The fourth-order valence-corrected chi connectivity index (χ4v) is 3.52. The number of carbonyl (C=O) groups excluding carboxylic acids is 1. The van der Waals surface area contributed by atoms with Crippen molar-refractivity contribution < 1.29 is 9.21 Å². The Morgan fingerprint density at radius 1 is 1.10 bits per heavy atom. The number of aromatic nitrogens is 3. The molecule has 150 valence electrons. The van der Waals surface area contributed by atoms with Crippen molar-refractivity contribution in [3.05, 3.63) is 83.8 Å². The largest absolute Gasteiger partial charge is 0.463 e. The number of furan rings is 1. The van der Waals surface area contributed by atoms with Crippen LogP contribution in [0.25, 0.3) is 17.1 Å². The molecule has 9 heteroatoms. The standard InChI is InChI=1S/C21H16ClN5O2S/c22-16-10-8-15(9-11-16)20-25-26-21(27(20)17-5-2-1-3-6-17)30-14-19(28)24-23-13-18-7-4-12-29-18/h1-13H,14H2,(H,24,28)/b23-13-. The van der Waals surface area contributed by atoms with Crippen LogP contribution < -0.4 is 5.43 Å². The molecule has 0 unspecified atom stereocenters. The summed E-state index contributed by atoms with van der Waals surface area (Å²) < 4.78 is 7.04. The molecule has 30 heavy (non-hydrogen) atoms.